The van der Waals surface area contributed by atoms with Crippen molar-refractivity contribution in [2.24, 2.45) is 0 Å². The lowest BCUT2D eigenvalue weighted by atomic mass is 10.1. The third kappa shape index (κ3) is 1.72. The predicted molar refractivity (Wildman–Crippen MR) is 69.0 cm³/mol. The van der Waals surface area contributed by atoms with Gasteiger partial charge in [0.25, 0.3) is 0 Å². The van der Waals surface area contributed by atoms with Crippen LogP contribution < -0.4 is 5.32 Å². The summed E-state index contributed by atoms with van der Waals surface area (Å²) >= 11 is 0. The first-order chi connectivity index (χ1) is 8.24. The second-order valence-electron chi connectivity index (χ2n) is 4.39. The fraction of sp³-hybridized carbons (Fsp3) is 0.133. The summed E-state index contributed by atoms with van der Waals surface area (Å²) in [5.41, 5.74) is 6.09. The Morgan fingerprint density at radius 2 is 1.82 bits per heavy atom. The fourth-order valence-corrected chi connectivity index (χ4v) is 2.40. The van der Waals surface area contributed by atoms with Gasteiger partial charge in [-0.25, -0.2) is 0 Å². The number of carbonyl (C=O) groups excluding carboxylic acids is 1. The first-order valence-corrected chi connectivity index (χ1v) is 5.73. The molecule has 1 amide bonds. The van der Waals surface area contributed by atoms with Gasteiger partial charge in [0.1, 0.15) is 0 Å². The van der Waals surface area contributed by atoms with Crippen molar-refractivity contribution in [3.05, 3.63) is 53.6 Å². The van der Waals surface area contributed by atoms with Crippen molar-refractivity contribution >= 4 is 11.6 Å². The van der Waals surface area contributed by atoms with E-state index in [1.807, 2.05) is 6.07 Å². The molecule has 2 aromatic rings. The molecule has 3 rings (SSSR count). The largest absolute Gasteiger partial charge is 0.326 e. The highest BCUT2D eigenvalue weighted by Crippen LogP contribution is 2.37. The highest BCUT2D eigenvalue weighted by atomic mass is 16.1. The molecule has 0 saturated heterocycles. The molecule has 84 valence electrons. The van der Waals surface area contributed by atoms with Gasteiger partial charge in [0.2, 0.25) is 5.91 Å². The Bertz CT molecular complexity index is 602. The van der Waals surface area contributed by atoms with Gasteiger partial charge in [-0.1, -0.05) is 30.3 Å². The van der Waals surface area contributed by atoms with Crippen LogP contribution in [-0.4, -0.2) is 5.91 Å². The van der Waals surface area contributed by atoms with Crippen molar-refractivity contribution < 1.29 is 4.79 Å². The quantitative estimate of drug-likeness (QED) is 0.674. The zero-order chi connectivity index (χ0) is 11.8. The van der Waals surface area contributed by atoms with E-state index in [-0.39, 0.29) is 5.91 Å². The maximum absolute atomic E-state index is 11.0. The van der Waals surface area contributed by atoms with Gasteiger partial charge in [-0.15, -0.1) is 0 Å². The van der Waals surface area contributed by atoms with Gasteiger partial charge in [-0.2, -0.15) is 0 Å². The van der Waals surface area contributed by atoms with Gasteiger partial charge in [-0.3, -0.25) is 4.79 Å². The molecule has 1 aliphatic rings. The molecule has 0 radical (unpaired) electrons. The monoisotopic (exact) mass is 223 g/mol. The molecule has 0 aromatic heterocycles. The van der Waals surface area contributed by atoms with Crippen molar-refractivity contribution in [1.82, 2.24) is 0 Å². The maximum atomic E-state index is 11.0. The molecule has 0 spiro atoms. The molecule has 2 nitrogen and oxygen atoms in total. The van der Waals surface area contributed by atoms with Crippen LogP contribution in [0.15, 0.2) is 42.5 Å². The van der Waals surface area contributed by atoms with Crippen LogP contribution in [0.2, 0.25) is 0 Å². The van der Waals surface area contributed by atoms with Crippen LogP contribution in [0.5, 0.6) is 0 Å². The normalized spacial score (nSPS) is 11.8. The lowest BCUT2D eigenvalue weighted by Crippen LogP contribution is -2.05. The Morgan fingerprint density at radius 3 is 2.65 bits per heavy atom. The van der Waals surface area contributed by atoms with Crippen molar-refractivity contribution in [3.63, 3.8) is 0 Å². The van der Waals surface area contributed by atoms with Gasteiger partial charge in [0.05, 0.1) is 0 Å². The van der Waals surface area contributed by atoms with Crippen LogP contribution in [0, 0.1) is 0 Å². The van der Waals surface area contributed by atoms with Crippen LogP contribution >= 0.6 is 0 Å². The minimum atomic E-state index is -0.0313. The second kappa shape index (κ2) is 3.74. The number of nitrogens with one attached hydrogen (secondary N) is 1. The number of hydrogen-bond donors (Lipinski definition) is 1. The van der Waals surface area contributed by atoms with Crippen molar-refractivity contribution in [1.29, 1.82) is 0 Å². The average Bonchev–Trinajstić information content (AvgIpc) is 2.66. The molecule has 1 aliphatic carbocycles. The zero-order valence-corrected chi connectivity index (χ0v) is 9.66. The summed E-state index contributed by atoms with van der Waals surface area (Å²) in [5.74, 6) is -0.0313. The molecule has 0 fully saturated rings. The van der Waals surface area contributed by atoms with E-state index in [9.17, 15) is 4.79 Å². The molecular weight excluding hydrogens is 210 g/mol. The number of amides is 1. The molecule has 1 N–H and O–H groups in total. The third-order valence-corrected chi connectivity index (χ3v) is 3.12. The van der Waals surface area contributed by atoms with Crippen LogP contribution in [-0.2, 0) is 11.2 Å². The SMILES string of the molecule is CC(=O)Nc1ccc2c(c1)-c1ccccc1C2. The molecule has 0 saturated carbocycles. The summed E-state index contributed by atoms with van der Waals surface area (Å²) in [6, 6.07) is 14.5. The Kier molecular flexibility index (Phi) is 2.22. The van der Waals surface area contributed by atoms with Gasteiger partial charge in [0, 0.05) is 12.6 Å². The smallest absolute Gasteiger partial charge is 0.221 e. The summed E-state index contributed by atoms with van der Waals surface area (Å²) in [6.07, 6.45) is 0.992. The highest BCUT2D eigenvalue weighted by molar-refractivity contribution is 5.90. The molecule has 0 bridgehead atoms. The summed E-state index contributed by atoms with van der Waals surface area (Å²) in [5, 5.41) is 2.83. The molecular formula is C15H13NO. The molecule has 0 unspecified atom stereocenters. The average molecular weight is 223 g/mol. The highest BCUT2D eigenvalue weighted by Gasteiger charge is 2.17. The summed E-state index contributed by atoms with van der Waals surface area (Å²) in [6.45, 7) is 1.53. The second-order valence-corrected chi connectivity index (χ2v) is 4.39. The lowest BCUT2D eigenvalue weighted by molar-refractivity contribution is -0.114. The molecule has 2 heteroatoms. The number of anilines is 1. The van der Waals surface area contributed by atoms with Crippen LogP contribution in [0.1, 0.15) is 18.1 Å². The number of fused-ring (bicyclic) bond motifs is 3. The molecule has 2 aromatic carbocycles. The van der Waals surface area contributed by atoms with Crippen molar-refractivity contribution in [2.45, 2.75) is 13.3 Å². The first-order valence-electron chi connectivity index (χ1n) is 5.73. The Balaban J connectivity index is 2.08. The van der Waals surface area contributed by atoms with Gasteiger partial charge in [0.15, 0.2) is 0 Å². The van der Waals surface area contributed by atoms with Gasteiger partial charge < -0.3 is 5.32 Å². The standard InChI is InChI=1S/C15H13NO/c1-10(17)16-13-7-6-12-8-11-4-2-3-5-14(11)15(12)9-13/h2-7,9H,8H2,1H3,(H,16,17). The topological polar surface area (TPSA) is 29.1 Å². The Morgan fingerprint density at radius 1 is 1.06 bits per heavy atom. The number of rotatable bonds is 1. The van der Waals surface area contributed by atoms with Gasteiger partial charge in [-0.05, 0) is 40.8 Å². The third-order valence-electron chi connectivity index (χ3n) is 3.12. The van der Waals surface area contributed by atoms with E-state index in [1.165, 1.54) is 29.2 Å². The Hall–Kier alpha value is -2.09. The summed E-state index contributed by atoms with van der Waals surface area (Å²) in [7, 11) is 0. The van der Waals surface area contributed by atoms with Crippen molar-refractivity contribution in [2.75, 3.05) is 5.32 Å². The van der Waals surface area contributed by atoms with E-state index in [1.54, 1.807) is 0 Å². The zero-order valence-electron chi connectivity index (χ0n) is 9.66. The van der Waals surface area contributed by atoms with E-state index in [4.69, 9.17) is 0 Å². The lowest BCUT2D eigenvalue weighted by Gasteiger charge is -2.05. The van der Waals surface area contributed by atoms with E-state index in [0.29, 0.717) is 0 Å². The van der Waals surface area contributed by atoms with E-state index < -0.39 is 0 Å². The molecule has 17 heavy (non-hydrogen) atoms. The molecule has 0 aliphatic heterocycles. The maximum Gasteiger partial charge on any atom is 0.221 e. The van der Waals surface area contributed by atoms with Crippen LogP contribution in [0.3, 0.4) is 0 Å². The fourth-order valence-electron chi connectivity index (χ4n) is 2.40. The van der Waals surface area contributed by atoms with Crippen molar-refractivity contribution in [3.8, 4) is 11.1 Å². The van der Waals surface area contributed by atoms with E-state index in [0.717, 1.165) is 12.1 Å². The minimum Gasteiger partial charge on any atom is -0.326 e. The number of hydrogen-bond acceptors (Lipinski definition) is 1. The number of carbonyl (C=O) groups is 1. The van der Waals surface area contributed by atoms with E-state index in [2.05, 4.69) is 41.7 Å². The van der Waals surface area contributed by atoms with Crippen LogP contribution in [0.4, 0.5) is 5.69 Å². The molecule has 0 heterocycles. The minimum absolute atomic E-state index is 0.0313. The summed E-state index contributed by atoms with van der Waals surface area (Å²) in [4.78, 5) is 11.0. The number of benzene rings is 2. The molecule has 0 atom stereocenters. The first kappa shape index (κ1) is 10.1. The summed E-state index contributed by atoms with van der Waals surface area (Å²) < 4.78 is 0. The van der Waals surface area contributed by atoms with E-state index >= 15 is 0 Å². The Labute approximate surface area is 100 Å². The van der Waals surface area contributed by atoms with Crippen LogP contribution in [0.25, 0.3) is 11.1 Å². The van der Waals surface area contributed by atoms with Gasteiger partial charge >= 0.3 is 0 Å². The predicted octanol–water partition coefficient (Wildman–Crippen LogP) is 3.22.